The standard InChI is InChI=1S/C15H29N3O/c1-12(2)18-8-4-5-13(11-18)9-17-15(19)14-6-3-7-16-10-14/h12-14,16H,3-11H2,1-2H3,(H,17,19). The van der Waals surface area contributed by atoms with Crippen molar-refractivity contribution in [2.45, 2.75) is 45.6 Å². The second-order valence-corrected chi connectivity index (χ2v) is 6.39. The number of carbonyl (C=O) groups is 1. The molecule has 0 spiro atoms. The molecule has 2 rings (SSSR count). The van der Waals surface area contributed by atoms with Gasteiger partial charge in [0.2, 0.25) is 5.91 Å². The summed E-state index contributed by atoms with van der Waals surface area (Å²) in [7, 11) is 0. The van der Waals surface area contributed by atoms with Gasteiger partial charge in [-0.15, -0.1) is 0 Å². The predicted octanol–water partition coefficient (Wildman–Crippen LogP) is 1.22. The molecule has 2 heterocycles. The van der Waals surface area contributed by atoms with E-state index in [2.05, 4.69) is 29.4 Å². The van der Waals surface area contributed by atoms with Crippen molar-refractivity contribution in [3.8, 4) is 0 Å². The second kappa shape index (κ2) is 7.25. The molecule has 2 fully saturated rings. The fourth-order valence-electron chi connectivity index (χ4n) is 3.20. The molecule has 19 heavy (non-hydrogen) atoms. The lowest BCUT2D eigenvalue weighted by molar-refractivity contribution is -0.125. The molecule has 110 valence electrons. The number of nitrogens with one attached hydrogen (secondary N) is 2. The maximum atomic E-state index is 12.1. The van der Waals surface area contributed by atoms with E-state index in [0.29, 0.717) is 12.0 Å². The number of hydrogen-bond acceptors (Lipinski definition) is 3. The Morgan fingerprint density at radius 2 is 2.21 bits per heavy atom. The molecule has 2 unspecified atom stereocenters. The van der Waals surface area contributed by atoms with Gasteiger partial charge in [-0.05, 0) is 58.5 Å². The number of likely N-dealkylation sites (tertiary alicyclic amines) is 1. The van der Waals surface area contributed by atoms with Crippen molar-refractivity contribution >= 4 is 5.91 Å². The summed E-state index contributed by atoms with van der Waals surface area (Å²) in [6.45, 7) is 9.65. The largest absolute Gasteiger partial charge is 0.355 e. The third-order valence-electron chi connectivity index (χ3n) is 4.51. The van der Waals surface area contributed by atoms with Gasteiger partial charge < -0.3 is 15.5 Å². The quantitative estimate of drug-likeness (QED) is 0.805. The zero-order valence-electron chi connectivity index (χ0n) is 12.5. The molecule has 0 radical (unpaired) electrons. The smallest absolute Gasteiger partial charge is 0.224 e. The molecule has 2 aliphatic heterocycles. The highest BCUT2D eigenvalue weighted by Crippen LogP contribution is 2.18. The molecule has 4 nitrogen and oxygen atoms in total. The van der Waals surface area contributed by atoms with Crippen LogP contribution in [0.1, 0.15) is 39.5 Å². The van der Waals surface area contributed by atoms with Gasteiger partial charge >= 0.3 is 0 Å². The third-order valence-corrected chi connectivity index (χ3v) is 4.51. The molecule has 2 saturated heterocycles. The van der Waals surface area contributed by atoms with Gasteiger partial charge in [-0.1, -0.05) is 0 Å². The molecule has 2 aliphatic rings. The SMILES string of the molecule is CC(C)N1CCCC(CNC(=O)C2CCCNC2)C1. The Balaban J connectivity index is 1.70. The summed E-state index contributed by atoms with van der Waals surface area (Å²) in [6, 6.07) is 0.626. The lowest BCUT2D eigenvalue weighted by Crippen LogP contribution is -2.46. The molecule has 0 aromatic heterocycles. The van der Waals surface area contributed by atoms with Gasteiger partial charge in [-0.25, -0.2) is 0 Å². The number of nitrogens with zero attached hydrogens (tertiary/aromatic N) is 1. The first-order valence-corrected chi connectivity index (χ1v) is 7.89. The highest BCUT2D eigenvalue weighted by atomic mass is 16.1. The number of hydrogen-bond donors (Lipinski definition) is 2. The Hall–Kier alpha value is -0.610. The van der Waals surface area contributed by atoms with Gasteiger partial charge in [0.15, 0.2) is 0 Å². The van der Waals surface area contributed by atoms with Crippen LogP contribution in [0.2, 0.25) is 0 Å². The lowest BCUT2D eigenvalue weighted by Gasteiger charge is -2.35. The molecular formula is C15H29N3O. The van der Waals surface area contributed by atoms with Crippen LogP contribution >= 0.6 is 0 Å². The van der Waals surface area contributed by atoms with Crippen molar-refractivity contribution < 1.29 is 4.79 Å². The fourth-order valence-corrected chi connectivity index (χ4v) is 3.20. The van der Waals surface area contributed by atoms with Crippen LogP contribution in [0.4, 0.5) is 0 Å². The highest BCUT2D eigenvalue weighted by molar-refractivity contribution is 5.78. The van der Waals surface area contributed by atoms with Gasteiger partial charge in [0.1, 0.15) is 0 Å². The van der Waals surface area contributed by atoms with Crippen LogP contribution in [0.5, 0.6) is 0 Å². The summed E-state index contributed by atoms with van der Waals surface area (Å²) >= 11 is 0. The first kappa shape index (κ1) is 14.8. The maximum Gasteiger partial charge on any atom is 0.224 e. The predicted molar refractivity (Wildman–Crippen MR) is 78.0 cm³/mol. The summed E-state index contributed by atoms with van der Waals surface area (Å²) in [5, 5.41) is 6.48. The summed E-state index contributed by atoms with van der Waals surface area (Å²) < 4.78 is 0. The van der Waals surface area contributed by atoms with E-state index in [4.69, 9.17) is 0 Å². The minimum Gasteiger partial charge on any atom is -0.355 e. The molecule has 0 aliphatic carbocycles. The van der Waals surface area contributed by atoms with E-state index in [0.717, 1.165) is 39.0 Å². The van der Waals surface area contributed by atoms with E-state index in [1.54, 1.807) is 0 Å². The van der Waals surface area contributed by atoms with Crippen LogP contribution in [-0.4, -0.2) is 49.6 Å². The normalized spacial score (nSPS) is 29.4. The number of amides is 1. The minimum absolute atomic E-state index is 0.193. The van der Waals surface area contributed by atoms with E-state index in [1.165, 1.54) is 19.4 Å². The van der Waals surface area contributed by atoms with Crippen molar-refractivity contribution in [2.24, 2.45) is 11.8 Å². The Morgan fingerprint density at radius 1 is 1.37 bits per heavy atom. The molecule has 0 saturated carbocycles. The van der Waals surface area contributed by atoms with Crippen molar-refractivity contribution in [3.05, 3.63) is 0 Å². The van der Waals surface area contributed by atoms with Gasteiger partial charge in [-0.3, -0.25) is 4.79 Å². The van der Waals surface area contributed by atoms with Crippen molar-refractivity contribution in [1.29, 1.82) is 0 Å². The monoisotopic (exact) mass is 267 g/mol. The molecule has 2 atom stereocenters. The van der Waals surface area contributed by atoms with Gasteiger partial charge in [0.25, 0.3) is 0 Å². The van der Waals surface area contributed by atoms with Crippen molar-refractivity contribution in [1.82, 2.24) is 15.5 Å². The topological polar surface area (TPSA) is 44.4 Å². The van der Waals surface area contributed by atoms with Gasteiger partial charge in [0.05, 0.1) is 5.92 Å². The second-order valence-electron chi connectivity index (χ2n) is 6.39. The number of carbonyl (C=O) groups excluding carboxylic acids is 1. The average molecular weight is 267 g/mol. The Labute approximate surface area is 117 Å². The minimum atomic E-state index is 0.193. The zero-order valence-corrected chi connectivity index (χ0v) is 12.5. The molecule has 2 N–H and O–H groups in total. The molecule has 0 aromatic rings. The summed E-state index contributed by atoms with van der Waals surface area (Å²) in [4.78, 5) is 14.6. The number of rotatable bonds is 4. The lowest BCUT2D eigenvalue weighted by atomic mass is 9.95. The van der Waals surface area contributed by atoms with Crippen LogP contribution in [0, 0.1) is 11.8 Å². The van der Waals surface area contributed by atoms with E-state index >= 15 is 0 Å². The fraction of sp³-hybridized carbons (Fsp3) is 0.933. The van der Waals surface area contributed by atoms with E-state index in [1.807, 2.05) is 0 Å². The third kappa shape index (κ3) is 4.46. The molecule has 0 aromatic carbocycles. The van der Waals surface area contributed by atoms with E-state index in [9.17, 15) is 4.79 Å². The van der Waals surface area contributed by atoms with Crippen LogP contribution in [0.15, 0.2) is 0 Å². The van der Waals surface area contributed by atoms with Crippen LogP contribution in [-0.2, 0) is 4.79 Å². The van der Waals surface area contributed by atoms with Crippen LogP contribution in [0.25, 0.3) is 0 Å². The average Bonchev–Trinajstić information content (AvgIpc) is 2.46. The zero-order chi connectivity index (χ0) is 13.7. The van der Waals surface area contributed by atoms with E-state index in [-0.39, 0.29) is 11.8 Å². The summed E-state index contributed by atoms with van der Waals surface area (Å²) in [6.07, 6.45) is 4.69. The van der Waals surface area contributed by atoms with E-state index < -0.39 is 0 Å². The summed E-state index contributed by atoms with van der Waals surface area (Å²) in [5.41, 5.74) is 0. The highest BCUT2D eigenvalue weighted by Gasteiger charge is 2.24. The van der Waals surface area contributed by atoms with Crippen LogP contribution in [0.3, 0.4) is 0 Å². The Morgan fingerprint density at radius 3 is 2.89 bits per heavy atom. The van der Waals surface area contributed by atoms with Gasteiger partial charge in [0, 0.05) is 25.7 Å². The molecule has 4 heteroatoms. The molecule has 0 bridgehead atoms. The molecule has 1 amide bonds. The van der Waals surface area contributed by atoms with Gasteiger partial charge in [-0.2, -0.15) is 0 Å². The first-order valence-electron chi connectivity index (χ1n) is 7.89. The van der Waals surface area contributed by atoms with Crippen LogP contribution < -0.4 is 10.6 Å². The Bertz CT molecular complexity index is 287. The van der Waals surface area contributed by atoms with Crippen molar-refractivity contribution in [2.75, 3.05) is 32.7 Å². The first-order chi connectivity index (χ1) is 9.16. The van der Waals surface area contributed by atoms with Crippen molar-refractivity contribution in [3.63, 3.8) is 0 Å². The Kier molecular flexibility index (Phi) is 5.64. The molecular weight excluding hydrogens is 238 g/mol. The number of piperidine rings is 2. The maximum absolute atomic E-state index is 12.1. The summed E-state index contributed by atoms with van der Waals surface area (Å²) in [5.74, 6) is 1.09.